The van der Waals surface area contributed by atoms with E-state index in [1.54, 1.807) is 13.8 Å². The molecular weight excluding hydrogens is 350 g/mol. The molecule has 0 aliphatic rings. The van der Waals surface area contributed by atoms with Crippen LogP contribution in [0.5, 0.6) is 5.75 Å². The summed E-state index contributed by atoms with van der Waals surface area (Å²) in [6.07, 6.45) is 0. The molecule has 0 spiro atoms. The molecule has 26 heavy (non-hydrogen) atoms. The van der Waals surface area contributed by atoms with Gasteiger partial charge in [-0.2, -0.15) is 0 Å². The van der Waals surface area contributed by atoms with Crippen molar-refractivity contribution < 1.29 is 14.3 Å². The van der Waals surface area contributed by atoms with Crippen molar-refractivity contribution in [2.45, 2.75) is 40.3 Å². The number of hydrogen-bond acceptors (Lipinski definition) is 4. The van der Waals surface area contributed by atoms with Crippen molar-refractivity contribution in [1.29, 1.82) is 0 Å². The van der Waals surface area contributed by atoms with E-state index < -0.39 is 11.5 Å². The predicted molar refractivity (Wildman–Crippen MR) is 107 cm³/mol. The van der Waals surface area contributed by atoms with E-state index in [0.29, 0.717) is 6.61 Å². The molecular formula is C21H28ClNO3. The van der Waals surface area contributed by atoms with Gasteiger partial charge in [0, 0.05) is 6.04 Å². The van der Waals surface area contributed by atoms with E-state index in [2.05, 4.69) is 0 Å². The van der Waals surface area contributed by atoms with Gasteiger partial charge in [-0.15, -0.1) is 12.4 Å². The average molecular weight is 378 g/mol. The van der Waals surface area contributed by atoms with Crippen LogP contribution in [-0.4, -0.2) is 13.1 Å². The molecule has 0 heterocycles. The maximum atomic E-state index is 12.0. The molecule has 0 saturated heterocycles. The summed E-state index contributed by atoms with van der Waals surface area (Å²) in [6.45, 7) is 8.10. The lowest BCUT2D eigenvalue weighted by Crippen LogP contribution is -2.37. The zero-order valence-electron chi connectivity index (χ0n) is 16.0. The van der Waals surface area contributed by atoms with E-state index in [0.717, 1.165) is 28.0 Å². The highest BCUT2D eigenvalue weighted by Gasteiger charge is 2.37. The van der Waals surface area contributed by atoms with Crippen LogP contribution in [0.3, 0.4) is 0 Å². The molecule has 142 valence electrons. The van der Waals surface area contributed by atoms with Gasteiger partial charge in [-0.05, 0) is 49.9 Å². The first-order chi connectivity index (χ1) is 11.8. The van der Waals surface area contributed by atoms with E-state index in [-0.39, 0.29) is 18.4 Å². The number of methoxy groups -OCH3 is 1. The van der Waals surface area contributed by atoms with Crippen molar-refractivity contribution in [2.75, 3.05) is 7.11 Å². The Morgan fingerprint density at radius 3 is 2.15 bits per heavy atom. The number of aryl methyl sites for hydroxylation is 2. The van der Waals surface area contributed by atoms with E-state index in [1.165, 1.54) is 7.11 Å². The highest BCUT2D eigenvalue weighted by Crippen LogP contribution is 2.36. The SMILES string of the molecule is COC(=O)C(C)(C)[C@@H](N)c1cc(C)c(OCc2ccccc2)c(C)c1.Cl. The molecule has 0 unspecified atom stereocenters. The molecule has 0 aromatic heterocycles. The Kier molecular flexibility index (Phi) is 7.67. The minimum absolute atomic E-state index is 0. The van der Waals surface area contributed by atoms with Crippen LogP contribution < -0.4 is 10.5 Å². The van der Waals surface area contributed by atoms with Crippen LogP contribution in [0.25, 0.3) is 0 Å². The van der Waals surface area contributed by atoms with Gasteiger partial charge in [0.05, 0.1) is 12.5 Å². The maximum Gasteiger partial charge on any atom is 0.313 e. The Bertz CT molecular complexity index is 721. The van der Waals surface area contributed by atoms with E-state index in [4.69, 9.17) is 15.2 Å². The summed E-state index contributed by atoms with van der Waals surface area (Å²) in [5.41, 5.74) is 9.58. The first-order valence-corrected chi connectivity index (χ1v) is 8.39. The standard InChI is InChI=1S/C21H27NO3.ClH/c1-14-11-17(19(22)21(3,4)20(23)24-5)12-15(2)18(14)25-13-16-9-7-6-8-10-16;/h6-12,19H,13,22H2,1-5H3;1H/t19-;/m0./s1. The van der Waals surface area contributed by atoms with Gasteiger partial charge in [-0.25, -0.2) is 0 Å². The van der Waals surface area contributed by atoms with Gasteiger partial charge in [-0.3, -0.25) is 4.79 Å². The number of halogens is 1. The number of carbonyl (C=O) groups is 1. The summed E-state index contributed by atoms with van der Waals surface area (Å²) in [4.78, 5) is 12.0. The molecule has 0 amide bonds. The van der Waals surface area contributed by atoms with Crippen molar-refractivity contribution in [3.63, 3.8) is 0 Å². The van der Waals surface area contributed by atoms with Gasteiger partial charge < -0.3 is 15.2 Å². The van der Waals surface area contributed by atoms with Gasteiger partial charge in [0.2, 0.25) is 0 Å². The molecule has 0 aliphatic carbocycles. The average Bonchev–Trinajstić information content (AvgIpc) is 2.60. The Balaban J connectivity index is 0.00000338. The monoisotopic (exact) mass is 377 g/mol. The van der Waals surface area contributed by atoms with Crippen LogP contribution in [0.2, 0.25) is 0 Å². The van der Waals surface area contributed by atoms with Crippen LogP contribution in [0.1, 0.15) is 42.1 Å². The smallest absolute Gasteiger partial charge is 0.313 e. The second-order valence-corrected chi connectivity index (χ2v) is 6.95. The largest absolute Gasteiger partial charge is 0.488 e. The minimum atomic E-state index is -0.806. The summed E-state index contributed by atoms with van der Waals surface area (Å²) < 4.78 is 10.9. The normalized spacial score (nSPS) is 12.1. The minimum Gasteiger partial charge on any atom is -0.488 e. The zero-order valence-corrected chi connectivity index (χ0v) is 16.9. The Hall–Kier alpha value is -2.04. The third-order valence-corrected chi connectivity index (χ3v) is 4.56. The van der Waals surface area contributed by atoms with Gasteiger partial charge in [0.1, 0.15) is 12.4 Å². The summed E-state index contributed by atoms with van der Waals surface area (Å²) in [5.74, 6) is 0.537. The molecule has 1 atom stereocenters. The summed E-state index contributed by atoms with van der Waals surface area (Å²) in [5, 5.41) is 0. The third-order valence-electron chi connectivity index (χ3n) is 4.56. The highest BCUT2D eigenvalue weighted by molar-refractivity contribution is 5.85. The van der Waals surface area contributed by atoms with Crippen LogP contribution in [-0.2, 0) is 16.1 Å². The zero-order chi connectivity index (χ0) is 18.6. The second kappa shape index (κ2) is 9.06. The molecule has 5 heteroatoms. The van der Waals surface area contributed by atoms with E-state index in [9.17, 15) is 4.79 Å². The lowest BCUT2D eigenvalue weighted by molar-refractivity contribution is -0.152. The quantitative estimate of drug-likeness (QED) is 0.752. The molecule has 0 bridgehead atoms. The topological polar surface area (TPSA) is 61.5 Å². The first kappa shape index (κ1) is 22.0. The molecule has 2 rings (SSSR count). The fraction of sp³-hybridized carbons (Fsp3) is 0.381. The molecule has 2 N–H and O–H groups in total. The third kappa shape index (κ3) is 4.77. The van der Waals surface area contributed by atoms with Gasteiger partial charge in [0.25, 0.3) is 0 Å². The second-order valence-electron chi connectivity index (χ2n) is 6.95. The van der Waals surface area contributed by atoms with Crippen molar-refractivity contribution in [3.8, 4) is 5.75 Å². The summed E-state index contributed by atoms with van der Waals surface area (Å²) in [7, 11) is 1.38. The number of carbonyl (C=O) groups excluding carboxylic acids is 1. The number of nitrogens with two attached hydrogens (primary N) is 1. The molecule has 0 radical (unpaired) electrons. The Morgan fingerprint density at radius 2 is 1.65 bits per heavy atom. The van der Waals surface area contributed by atoms with E-state index in [1.807, 2.05) is 56.3 Å². The lowest BCUT2D eigenvalue weighted by atomic mass is 9.80. The molecule has 2 aromatic rings. The summed E-state index contributed by atoms with van der Waals surface area (Å²) >= 11 is 0. The molecule has 4 nitrogen and oxygen atoms in total. The van der Waals surface area contributed by atoms with Crippen molar-refractivity contribution in [1.82, 2.24) is 0 Å². The molecule has 0 aliphatic heterocycles. The van der Waals surface area contributed by atoms with Crippen LogP contribution in [0.4, 0.5) is 0 Å². The Morgan fingerprint density at radius 1 is 1.12 bits per heavy atom. The number of ether oxygens (including phenoxy) is 2. The number of rotatable bonds is 6. The van der Waals surface area contributed by atoms with E-state index >= 15 is 0 Å². The summed E-state index contributed by atoms with van der Waals surface area (Å²) in [6, 6.07) is 13.6. The predicted octanol–water partition coefficient (Wildman–Crippen LogP) is 4.50. The van der Waals surface area contributed by atoms with Gasteiger partial charge >= 0.3 is 5.97 Å². The lowest BCUT2D eigenvalue weighted by Gasteiger charge is -2.29. The van der Waals surface area contributed by atoms with Crippen molar-refractivity contribution in [2.24, 2.45) is 11.1 Å². The first-order valence-electron chi connectivity index (χ1n) is 8.39. The molecule has 0 saturated carbocycles. The number of benzene rings is 2. The fourth-order valence-electron chi connectivity index (χ4n) is 2.93. The van der Waals surface area contributed by atoms with Crippen LogP contribution >= 0.6 is 12.4 Å². The fourth-order valence-corrected chi connectivity index (χ4v) is 2.93. The molecule has 0 fully saturated rings. The number of esters is 1. The van der Waals surface area contributed by atoms with Gasteiger partial charge in [-0.1, -0.05) is 42.5 Å². The Labute approximate surface area is 162 Å². The van der Waals surface area contributed by atoms with Crippen molar-refractivity contribution in [3.05, 3.63) is 64.7 Å². The number of hydrogen-bond donors (Lipinski definition) is 1. The molecule has 2 aromatic carbocycles. The van der Waals surface area contributed by atoms with Crippen LogP contribution in [0.15, 0.2) is 42.5 Å². The maximum absolute atomic E-state index is 12.0. The van der Waals surface area contributed by atoms with Gasteiger partial charge in [0.15, 0.2) is 0 Å². The van der Waals surface area contributed by atoms with Crippen LogP contribution in [0, 0.1) is 19.3 Å². The van der Waals surface area contributed by atoms with Crippen molar-refractivity contribution >= 4 is 18.4 Å². The highest BCUT2D eigenvalue weighted by atomic mass is 35.5.